The standard InChI is InChI=1S/C24H16Cl2FNO3S/c25-19-5-2-1-4-16(19)14-31-17-10-8-15(9-11-17)12-22-23(29)28(24(30)32-22)13-18-20(26)6-3-7-21(18)27/h1-12H,13-14H2. The zero-order chi connectivity index (χ0) is 22.7. The first-order valence-corrected chi connectivity index (χ1v) is 11.1. The average molecular weight is 488 g/mol. The molecule has 4 rings (SSSR count). The Balaban J connectivity index is 1.44. The fraction of sp³-hybridized carbons (Fsp3) is 0.0833. The topological polar surface area (TPSA) is 46.6 Å². The van der Waals surface area contributed by atoms with Gasteiger partial charge in [-0.3, -0.25) is 14.5 Å². The molecular formula is C24H16Cl2FNO3S. The first-order valence-electron chi connectivity index (χ1n) is 9.57. The molecule has 0 bridgehead atoms. The Morgan fingerprint density at radius 2 is 1.66 bits per heavy atom. The van der Waals surface area contributed by atoms with E-state index < -0.39 is 17.0 Å². The number of halogens is 3. The van der Waals surface area contributed by atoms with Crippen molar-refractivity contribution >= 4 is 52.2 Å². The lowest BCUT2D eigenvalue weighted by Gasteiger charge is -2.14. The van der Waals surface area contributed by atoms with Crippen molar-refractivity contribution in [1.29, 1.82) is 0 Å². The molecule has 0 aliphatic carbocycles. The van der Waals surface area contributed by atoms with Gasteiger partial charge in [0, 0.05) is 21.2 Å². The summed E-state index contributed by atoms with van der Waals surface area (Å²) in [5.41, 5.74) is 1.71. The Hall–Kier alpha value is -2.80. The zero-order valence-corrected chi connectivity index (χ0v) is 18.9. The van der Waals surface area contributed by atoms with Gasteiger partial charge in [-0.15, -0.1) is 0 Å². The van der Waals surface area contributed by atoms with Crippen LogP contribution < -0.4 is 4.74 Å². The highest BCUT2D eigenvalue weighted by atomic mass is 35.5. The molecule has 0 N–H and O–H groups in total. The lowest BCUT2D eigenvalue weighted by Crippen LogP contribution is -2.28. The van der Waals surface area contributed by atoms with Crippen molar-refractivity contribution in [3.63, 3.8) is 0 Å². The van der Waals surface area contributed by atoms with Gasteiger partial charge in [-0.05, 0) is 53.7 Å². The van der Waals surface area contributed by atoms with E-state index in [0.29, 0.717) is 17.4 Å². The summed E-state index contributed by atoms with van der Waals surface area (Å²) in [7, 11) is 0. The molecule has 0 saturated carbocycles. The van der Waals surface area contributed by atoms with Crippen molar-refractivity contribution in [2.24, 2.45) is 0 Å². The number of nitrogens with zero attached hydrogens (tertiary/aromatic N) is 1. The minimum absolute atomic E-state index is 0.109. The molecule has 4 nitrogen and oxygen atoms in total. The van der Waals surface area contributed by atoms with Crippen molar-refractivity contribution in [2.45, 2.75) is 13.2 Å². The molecule has 3 aromatic carbocycles. The summed E-state index contributed by atoms with van der Waals surface area (Å²) in [6.45, 7) is 0.110. The van der Waals surface area contributed by atoms with Gasteiger partial charge in [-0.1, -0.05) is 59.6 Å². The normalized spacial score (nSPS) is 15.0. The summed E-state index contributed by atoms with van der Waals surface area (Å²) in [6, 6.07) is 18.8. The van der Waals surface area contributed by atoms with Crippen LogP contribution in [0.1, 0.15) is 16.7 Å². The summed E-state index contributed by atoms with van der Waals surface area (Å²) in [5, 5.41) is 0.331. The van der Waals surface area contributed by atoms with Crippen LogP contribution in [0.15, 0.2) is 71.6 Å². The van der Waals surface area contributed by atoms with E-state index in [1.807, 2.05) is 18.2 Å². The van der Waals surface area contributed by atoms with Crippen molar-refractivity contribution in [2.75, 3.05) is 0 Å². The van der Waals surface area contributed by atoms with E-state index in [1.54, 1.807) is 36.4 Å². The Labute approximate surface area is 198 Å². The smallest absolute Gasteiger partial charge is 0.293 e. The van der Waals surface area contributed by atoms with Crippen molar-refractivity contribution in [3.05, 3.63) is 104 Å². The number of hydrogen-bond donors (Lipinski definition) is 0. The van der Waals surface area contributed by atoms with Crippen molar-refractivity contribution in [3.8, 4) is 5.75 Å². The van der Waals surface area contributed by atoms with E-state index in [-0.39, 0.29) is 22.0 Å². The van der Waals surface area contributed by atoms with E-state index in [4.69, 9.17) is 27.9 Å². The van der Waals surface area contributed by atoms with Crippen LogP contribution in [0.4, 0.5) is 9.18 Å². The second-order valence-corrected chi connectivity index (χ2v) is 8.72. The van der Waals surface area contributed by atoms with Crippen molar-refractivity contribution < 1.29 is 18.7 Å². The Morgan fingerprint density at radius 1 is 0.938 bits per heavy atom. The van der Waals surface area contributed by atoms with Gasteiger partial charge in [0.1, 0.15) is 18.2 Å². The van der Waals surface area contributed by atoms with Gasteiger partial charge in [0.15, 0.2) is 0 Å². The fourth-order valence-electron chi connectivity index (χ4n) is 3.07. The summed E-state index contributed by atoms with van der Waals surface area (Å²) < 4.78 is 19.8. The fourth-order valence-corrected chi connectivity index (χ4v) is 4.32. The minimum atomic E-state index is -0.562. The van der Waals surface area contributed by atoms with E-state index >= 15 is 0 Å². The number of carbonyl (C=O) groups is 2. The largest absolute Gasteiger partial charge is 0.489 e. The Kier molecular flexibility index (Phi) is 6.84. The molecule has 162 valence electrons. The van der Waals surface area contributed by atoms with E-state index in [1.165, 1.54) is 18.2 Å². The molecule has 8 heteroatoms. The Morgan fingerprint density at radius 3 is 2.38 bits per heavy atom. The number of hydrogen-bond acceptors (Lipinski definition) is 4. The number of thioether (sulfide) groups is 1. The monoisotopic (exact) mass is 487 g/mol. The number of carbonyl (C=O) groups excluding carboxylic acids is 2. The first kappa shape index (κ1) is 22.4. The lowest BCUT2D eigenvalue weighted by atomic mass is 10.2. The number of ether oxygens (including phenoxy) is 1. The molecule has 0 atom stereocenters. The predicted molar refractivity (Wildman–Crippen MR) is 125 cm³/mol. The number of rotatable bonds is 6. The molecule has 1 fully saturated rings. The third-order valence-electron chi connectivity index (χ3n) is 4.78. The van der Waals surface area contributed by atoms with Crippen LogP contribution in [0.2, 0.25) is 10.0 Å². The van der Waals surface area contributed by atoms with E-state index in [2.05, 4.69) is 0 Å². The molecule has 1 aliphatic heterocycles. The third kappa shape index (κ3) is 4.99. The van der Waals surface area contributed by atoms with Crippen LogP contribution >= 0.6 is 35.0 Å². The van der Waals surface area contributed by atoms with Crippen LogP contribution in [0.25, 0.3) is 6.08 Å². The predicted octanol–water partition coefficient (Wildman–Crippen LogP) is 6.95. The molecule has 3 aromatic rings. The highest BCUT2D eigenvalue weighted by Crippen LogP contribution is 2.34. The summed E-state index contributed by atoms with van der Waals surface area (Å²) in [6.07, 6.45) is 1.62. The molecule has 1 heterocycles. The number of benzene rings is 3. The molecular weight excluding hydrogens is 472 g/mol. The maximum absolute atomic E-state index is 14.1. The van der Waals surface area contributed by atoms with Gasteiger partial charge < -0.3 is 4.74 Å². The van der Waals surface area contributed by atoms with Gasteiger partial charge in [-0.25, -0.2) is 4.39 Å². The molecule has 2 amide bonds. The first-order chi connectivity index (χ1) is 15.4. The van der Waals surface area contributed by atoms with Crippen molar-refractivity contribution in [1.82, 2.24) is 4.90 Å². The SMILES string of the molecule is O=C1SC(=Cc2ccc(OCc3ccccc3Cl)cc2)C(=O)N1Cc1c(F)cccc1Cl. The van der Waals surface area contributed by atoms with E-state index in [0.717, 1.165) is 27.8 Å². The van der Waals surface area contributed by atoms with Crippen LogP contribution in [0.3, 0.4) is 0 Å². The second-order valence-electron chi connectivity index (χ2n) is 6.92. The number of imide groups is 1. The molecule has 1 saturated heterocycles. The molecule has 0 unspecified atom stereocenters. The summed E-state index contributed by atoms with van der Waals surface area (Å²) in [4.78, 5) is 26.3. The van der Waals surface area contributed by atoms with Gasteiger partial charge in [0.2, 0.25) is 0 Å². The molecule has 0 spiro atoms. The summed E-state index contributed by atoms with van der Waals surface area (Å²) >= 11 is 13.0. The maximum Gasteiger partial charge on any atom is 0.293 e. The van der Waals surface area contributed by atoms with Crippen LogP contribution in [-0.4, -0.2) is 16.0 Å². The van der Waals surface area contributed by atoms with Gasteiger partial charge in [0.25, 0.3) is 11.1 Å². The molecule has 0 radical (unpaired) electrons. The maximum atomic E-state index is 14.1. The van der Waals surface area contributed by atoms with Gasteiger partial charge >= 0.3 is 0 Å². The quantitative estimate of drug-likeness (QED) is 0.353. The molecule has 32 heavy (non-hydrogen) atoms. The Bertz CT molecular complexity index is 1190. The highest BCUT2D eigenvalue weighted by molar-refractivity contribution is 8.18. The zero-order valence-electron chi connectivity index (χ0n) is 16.6. The number of amides is 2. The van der Waals surface area contributed by atoms with Gasteiger partial charge in [-0.2, -0.15) is 0 Å². The highest BCUT2D eigenvalue weighted by Gasteiger charge is 2.35. The molecule has 1 aliphatic rings. The van der Waals surface area contributed by atoms with Crippen LogP contribution in [0.5, 0.6) is 5.75 Å². The minimum Gasteiger partial charge on any atom is -0.489 e. The second kappa shape index (κ2) is 9.77. The van der Waals surface area contributed by atoms with Crippen LogP contribution in [0, 0.1) is 5.82 Å². The van der Waals surface area contributed by atoms with Gasteiger partial charge in [0.05, 0.1) is 11.4 Å². The third-order valence-corrected chi connectivity index (χ3v) is 6.41. The average Bonchev–Trinajstić information content (AvgIpc) is 3.04. The lowest BCUT2D eigenvalue weighted by molar-refractivity contribution is -0.123. The van der Waals surface area contributed by atoms with E-state index in [9.17, 15) is 14.0 Å². The summed E-state index contributed by atoms with van der Waals surface area (Å²) in [5.74, 6) is -0.407. The van der Waals surface area contributed by atoms with Crippen LogP contribution in [-0.2, 0) is 17.9 Å². The molecule has 0 aromatic heterocycles.